The van der Waals surface area contributed by atoms with Crippen molar-refractivity contribution in [3.8, 4) is 5.88 Å². The summed E-state index contributed by atoms with van der Waals surface area (Å²) in [7, 11) is 0. The van der Waals surface area contributed by atoms with Crippen molar-refractivity contribution in [3.05, 3.63) is 53.0 Å². The summed E-state index contributed by atoms with van der Waals surface area (Å²) in [4.78, 5) is 32.2. The first-order valence-corrected chi connectivity index (χ1v) is 8.87. The van der Waals surface area contributed by atoms with Crippen molar-refractivity contribution in [2.75, 3.05) is 13.2 Å². The number of aromatic nitrogens is 2. The summed E-state index contributed by atoms with van der Waals surface area (Å²) in [6.45, 7) is 3.66. The smallest absolute Gasteiger partial charge is 0.315 e. The van der Waals surface area contributed by atoms with Crippen LogP contribution in [0.5, 0.6) is 5.88 Å². The third-order valence-corrected chi connectivity index (χ3v) is 4.48. The number of carbonyl (C=O) groups is 2. The number of pyridine rings is 2. The molecule has 0 saturated carbocycles. The monoisotopic (exact) mass is 390 g/mol. The first-order valence-electron chi connectivity index (χ1n) is 8.87. The average molecular weight is 390 g/mol. The van der Waals surface area contributed by atoms with Crippen molar-refractivity contribution in [2.45, 2.75) is 32.2 Å². The fraction of sp³-hybridized carbons (Fsp3) is 0.368. The van der Waals surface area contributed by atoms with Gasteiger partial charge in [0.1, 0.15) is 11.9 Å². The molecular formula is C19H20F2N4O3. The lowest BCUT2D eigenvalue weighted by Gasteiger charge is -2.19. The molecule has 1 saturated heterocycles. The number of hydrogen-bond donors (Lipinski definition) is 2. The third kappa shape index (κ3) is 4.24. The highest BCUT2D eigenvalue weighted by atomic mass is 19.1. The molecule has 0 radical (unpaired) electrons. The number of halogens is 2. The van der Waals surface area contributed by atoms with E-state index in [4.69, 9.17) is 4.74 Å². The third-order valence-electron chi connectivity index (χ3n) is 4.48. The quantitative estimate of drug-likeness (QED) is 0.756. The highest BCUT2D eigenvalue weighted by molar-refractivity contribution is 5.92. The molecule has 7 nitrogen and oxygen atoms in total. The molecule has 2 aromatic heterocycles. The van der Waals surface area contributed by atoms with E-state index in [-0.39, 0.29) is 36.9 Å². The van der Waals surface area contributed by atoms with Gasteiger partial charge in [-0.3, -0.25) is 9.78 Å². The second-order valence-corrected chi connectivity index (χ2v) is 6.42. The zero-order chi connectivity index (χ0) is 20.3. The van der Waals surface area contributed by atoms with E-state index in [1.807, 2.05) is 0 Å². The number of nitrogens with one attached hydrogen (secondary N) is 2. The van der Waals surface area contributed by atoms with Gasteiger partial charge in [-0.1, -0.05) is 0 Å². The Morgan fingerprint density at radius 3 is 2.75 bits per heavy atom. The van der Waals surface area contributed by atoms with Crippen molar-refractivity contribution in [3.63, 3.8) is 0 Å². The molecule has 3 heterocycles. The van der Waals surface area contributed by atoms with Gasteiger partial charge in [0.15, 0.2) is 11.6 Å². The number of ketones is 1. The maximum Gasteiger partial charge on any atom is 0.315 e. The van der Waals surface area contributed by atoms with Gasteiger partial charge in [-0.25, -0.2) is 18.6 Å². The summed E-state index contributed by atoms with van der Waals surface area (Å²) in [5, 5.41) is 5.06. The fourth-order valence-electron chi connectivity index (χ4n) is 3.02. The van der Waals surface area contributed by atoms with Crippen molar-refractivity contribution in [1.29, 1.82) is 0 Å². The minimum Gasteiger partial charge on any atom is -0.476 e. The number of carbonyl (C=O) groups excluding carboxylic acids is 2. The molecule has 1 aliphatic heterocycles. The van der Waals surface area contributed by atoms with Crippen molar-refractivity contribution in [2.24, 2.45) is 0 Å². The number of urea groups is 1. The Hall–Kier alpha value is -3.10. The van der Waals surface area contributed by atoms with Crippen LogP contribution in [0.3, 0.4) is 0 Å². The summed E-state index contributed by atoms with van der Waals surface area (Å²) in [6.07, 6.45) is 1.36. The van der Waals surface area contributed by atoms with Crippen LogP contribution in [-0.4, -0.2) is 41.0 Å². The highest BCUT2D eigenvalue weighted by Gasteiger charge is 2.30. The Kier molecular flexibility index (Phi) is 5.81. The average Bonchev–Trinajstić information content (AvgIpc) is 3.10. The Bertz CT molecular complexity index is 907. The van der Waals surface area contributed by atoms with Crippen LogP contribution >= 0.6 is 0 Å². The van der Waals surface area contributed by atoms with E-state index in [0.717, 1.165) is 0 Å². The molecular weight excluding hydrogens is 370 g/mol. The molecule has 2 amide bonds. The minimum absolute atomic E-state index is 0.0558. The number of Topliss-reactive ketones (excluding diaryl/α,β-unsaturated/α-hetero) is 1. The molecule has 1 aliphatic rings. The van der Waals surface area contributed by atoms with Crippen molar-refractivity contribution in [1.82, 2.24) is 20.6 Å². The van der Waals surface area contributed by atoms with Gasteiger partial charge in [0.05, 0.1) is 12.3 Å². The first-order chi connectivity index (χ1) is 13.4. The van der Waals surface area contributed by atoms with E-state index in [9.17, 15) is 18.4 Å². The fourth-order valence-corrected chi connectivity index (χ4v) is 3.02. The number of amides is 2. The molecule has 1 unspecified atom stereocenters. The molecule has 0 aliphatic carbocycles. The Morgan fingerprint density at radius 1 is 1.36 bits per heavy atom. The van der Waals surface area contributed by atoms with Crippen LogP contribution in [0, 0.1) is 18.6 Å². The Balaban J connectivity index is 1.94. The number of rotatable bonds is 7. The molecule has 1 fully saturated rings. The van der Waals surface area contributed by atoms with E-state index < -0.39 is 29.6 Å². The zero-order valence-electron chi connectivity index (χ0n) is 15.5. The van der Waals surface area contributed by atoms with Gasteiger partial charge in [-0.15, -0.1) is 0 Å². The summed E-state index contributed by atoms with van der Waals surface area (Å²) in [6, 6.07) is 2.85. The van der Waals surface area contributed by atoms with Crippen molar-refractivity contribution >= 4 is 11.8 Å². The minimum atomic E-state index is -0.683. The van der Waals surface area contributed by atoms with Crippen LogP contribution < -0.4 is 15.4 Å². The molecule has 9 heteroatoms. The van der Waals surface area contributed by atoms with Crippen LogP contribution in [0.4, 0.5) is 13.6 Å². The molecule has 2 N–H and O–H groups in total. The number of hydrogen-bond acceptors (Lipinski definition) is 5. The van der Waals surface area contributed by atoms with Gasteiger partial charge in [0.25, 0.3) is 0 Å². The second kappa shape index (κ2) is 8.28. The molecule has 3 rings (SSSR count). The zero-order valence-corrected chi connectivity index (χ0v) is 15.5. The van der Waals surface area contributed by atoms with Gasteiger partial charge in [-0.2, -0.15) is 0 Å². The lowest BCUT2D eigenvalue weighted by molar-refractivity contribution is -0.120. The predicted molar refractivity (Wildman–Crippen MR) is 96.1 cm³/mol. The highest BCUT2D eigenvalue weighted by Crippen LogP contribution is 2.30. The van der Waals surface area contributed by atoms with Crippen LogP contribution in [0.1, 0.15) is 36.2 Å². The van der Waals surface area contributed by atoms with Crippen LogP contribution in [0.25, 0.3) is 0 Å². The maximum absolute atomic E-state index is 14.3. The topological polar surface area (TPSA) is 93.2 Å². The first kappa shape index (κ1) is 19.7. The number of aryl methyl sites for hydroxylation is 1. The van der Waals surface area contributed by atoms with Gasteiger partial charge in [0, 0.05) is 30.8 Å². The standard InChI is InChI=1S/C19H20F2N4O3/c1-3-28-18-14(21)6-11(8-22-18)12(15-5-4-13(20)10(2)24-15)7-17(26)16-9-23-19(27)25-16/h4-6,8,12,16H,3,7,9H2,1-2H3,(H2,23,25,27)/t12?,16-/m0/s1. The summed E-state index contributed by atoms with van der Waals surface area (Å²) >= 11 is 0. The van der Waals surface area contributed by atoms with E-state index in [1.165, 1.54) is 31.3 Å². The molecule has 148 valence electrons. The Labute approximate surface area is 160 Å². The van der Waals surface area contributed by atoms with Gasteiger partial charge < -0.3 is 15.4 Å². The summed E-state index contributed by atoms with van der Waals surface area (Å²) in [5.74, 6) is -2.17. The molecule has 2 atom stereocenters. The van der Waals surface area contributed by atoms with E-state index in [2.05, 4.69) is 20.6 Å². The van der Waals surface area contributed by atoms with E-state index in [1.54, 1.807) is 6.92 Å². The van der Waals surface area contributed by atoms with Gasteiger partial charge in [0.2, 0.25) is 5.88 Å². The van der Waals surface area contributed by atoms with Crippen molar-refractivity contribution < 1.29 is 23.1 Å². The summed E-state index contributed by atoms with van der Waals surface area (Å²) in [5.41, 5.74) is 0.991. The van der Waals surface area contributed by atoms with Crippen LogP contribution in [0.15, 0.2) is 24.4 Å². The molecule has 2 aromatic rings. The van der Waals surface area contributed by atoms with Gasteiger partial charge in [-0.05, 0) is 37.6 Å². The Morgan fingerprint density at radius 2 is 2.14 bits per heavy atom. The lowest BCUT2D eigenvalue weighted by Crippen LogP contribution is -2.35. The predicted octanol–water partition coefficient (Wildman–Crippen LogP) is 2.23. The largest absolute Gasteiger partial charge is 0.476 e. The second-order valence-electron chi connectivity index (χ2n) is 6.42. The normalized spacial score (nSPS) is 17.0. The van der Waals surface area contributed by atoms with Crippen LogP contribution in [0.2, 0.25) is 0 Å². The number of ether oxygens (including phenoxy) is 1. The molecule has 0 bridgehead atoms. The number of nitrogens with zero attached hydrogens (tertiary/aromatic N) is 2. The lowest BCUT2D eigenvalue weighted by atomic mass is 9.89. The van der Waals surface area contributed by atoms with Crippen LogP contribution in [-0.2, 0) is 4.79 Å². The maximum atomic E-state index is 14.3. The van der Waals surface area contributed by atoms with Gasteiger partial charge >= 0.3 is 6.03 Å². The molecule has 0 spiro atoms. The SMILES string of the molecule is CCOc1ncc(C(CC(=O)[C@@H]2CNC(=O)N2)c2ccc(F)c(C)n2)cc1F. The molecule has 0 aromatic carbocycles. The van der Waals surface area contributed by atoms with E-state index >= 15 is 0 Å². The summed E-state index contributed by atoms with van der Waals surface area (Å²) < 4.78 is 33.1. The van der Waals surface area contributed by atoms with E-state index in [0.29, 0.717) is 11.3 Å². The molecule has 28 heavy (non-hydrogen) atoms.